The molecule has 2 heterocycles. The van der Waals surface area contributed by atoms with Crippen molar-refractivity contribution in [3.05, 3.63) is 95.2 Å². The average molecular weight is 517 g/mol. The smallest absolute Gasteiger partial charge is 0.307 e. The van der Waals surface area contributed by atoms with Crippen molar-refractivity contribution in [3.8, 4) is 22.9 Å². The number of hydrazone groups is 1. The van der Waals surface area contributed by atoms with Crippen LogP contribution in [0.5, 0.6) is 17.2 Å². The largest absolute Gasteiger partial charge is 0.493 e. The lowest BCUT2D eigenvalue weighted by atomic mass is 10.2. The van der Waals surface area contributed by atoms with Crippen LogP contribution in [0.25, 0.3) is 5.69 Å². The second-order valence-electron chi connectivity index (χ2n) is 8.36. The fourth-order valence-corrected chi connectivity index (χ4v) is 3.75. The van der Waals surface area contributed by atoms with Crippen LogP contribution in [0, 0.1) is 13.8 Å². The van der Waals surface area contributed by atoms with Crippen LogP contribution in [-0.2, 0) is 11.4 Å². The van der Waals surface area contributed by atoms with Gasteiger partial charge in [-0.25, -0.2) is 5.43 Å². The Morgan fingerprint density at radius 1 is 0.974 bits per heavy atom. The van der Waals surface area contributed by atoms with Gasteiger partial charge in [0.15, 0.2) is 23.9 Å². The number of aromatic nitrogens is 1. The van der Waals surface area contributed by atoms with Crippen molar-refractivity contribution in [2.45, 2.75) is 20.5 Å². The SMILES string of the molecule is COc1cc(C=NNC(=O)c2ccc(COc3ccc(-n4c(C)ccc4C)cc3)o2)ccc1OCC(N)=O. The lowest BCUT2D eigenvalue weighted by Crippen LogP contribution is -2.20. The Balaban J connectivity index is 1.29. The number of furan rings is 1. The van der Waals surface area contributed by atoms with E-state index in [1.807, 2.05) is 24.3 Å². The highest BCUT2D eigenvalue weighted by atomic mass is 16.5. The van der Waals surface area contributed by atoms with Gasteiger partial charge in [0, 0.05) is 17.1 Å². The summed E-state index contributed by atoms with van der Waals surface area (Å²) in [6.07, 6.45) is 1.44. The lowest BCUT2D eigenvalue weighted by molar-refractivity contribution is -0.119. The molecule has 38 heavy (non-hydrogen) atoms. The standard InChI is InChI=1S/C28H28N4O6/c1-18-4-5-19(2)32(18)21-7-9-22(10-8-21)36-16-23-11-13-25(38-23)28(34)31-30-15-20-6-12-24(26(14-20)35-3)37-17-27(29)33/h4-15H,16-17H2,1-3H3,(H2,29,33)(H,31,34). The molecule has 0 saturated heterocycles. The van der Waals surface area contributed by atoms with Crippen molar-refractivity contribution < 1.29 is 28.2 Å². The monoisotopic (exact) mass is 516 g/mol. The molecule has 0 spiro atoms. The summed E-state index contributed by atoms with van der Waals surface area (Å²) in [5.74, 6) is 0.925. The van der Waals surface area contributed by atoms with Crippen molar-refractivity contribution in [2.75, 3.05) is 13.7 Å². The van der Waals surface area contributed by atoms with E-state index in [1.54, 1.807) is 30.3 Å². The minimum Gasteiger partial charge on any atom is -0.493 e. The molecule has 10 nitrogen and oxygen atoms in total. The highest BCUT2D eigenvalue weighted by Gasteiger charge is 2.12. The first-order valence-corrected chi connectivity index (χ1v) is 11.7. The third kappa shape index (κ3) is 6.41. The Bertz CT molecular complexity index is 1430. The molecule has 0 aliphatic carbocycles. The third-order valence-corrected chi connectivity index (χ3v) is 5.57. The second kappa shape index (κ2) is 11.8. The van der Waals surface area contributed by atoms with E-state index in [0.717, 1.165) is 17.1 Å². The highest BCUT2D eigenvalue weighted by Crippen LogP contribution is 2.27. The Morgan fingerprint density at radius 3 is 2.39 bits per heavy atom. The van der Waals surface area contributed by atoms with Gasteiger partial charge in [-0.05, 0) is 86.1 Å². The number of methoxy groups -OCH3 is 1. The Labute approximate surface area is 219 Å². The summed E-state index contributed by atoms with van der Waals surface area (Å²) in [6, 6.07) is 20.1. The van der Waals surface area contributed by atoms with E-state index in [9.17, 15) is 9.59 Å². The predicted molar refractivity (Wildman–Crippen MR) is 141 cm³/mol. The maximum Gasteiger partial charge on any atom is 0.307 e. The van der Waals surface area contributed by atoms with Crippen LogP contribution in [0.2, 0.25) is 0 Å². The number of rotatable bonds is 11. The molecule has 10 heteroatoms. The van der Waals surface area contributed by atoms with Crippen molar-refractivity contribution in [2.24, 2.45) is 10.8 Å². The Morgan fingerprint density at radius 2 is 1.71 bits per heavy atom. The van der Waals surface area contributed by atoms with Gasteiger partial charge in [0.1, 0.15) is 18.1 Å². The van der Waals surface area contributed by atoms with Crippen LogP contribution in [-0.4, -0.2) is 36.3 Å². The molecule has 2 amide bonds. The fraction of sp³-hybridized carbons (Fsp3) is 0.179. The number of hydrogen-bond donors (Lipinski definition) is 2. The van der Waals surface area contributed by atoms with Gasteiger partial charge in [-0.15, -0.1) is 0 Å². The zero-order valence-corrected chi connectivity index (χ0v) is 21.3. The first-order valence-electron chi connectivity index (χ1n) is 11.7. The van der Waals surface area contributed by atoms with Crippen molar-refractivity contribution in [1.82, 2.24) is 9.99 Å². The zero-order valence-electron chi connectivity index (χ0n) is 21.3. The summed E-state index contributed by atoms with van der Waals surface area (Å²) in [5, 5.41) is 3.95. The first kappa shape index (κ1) is 26.1. The summed E-state index contributed by atoms with van der Waals surface area (Å²) in [4.78, 5) is 23.3. The summed E-state index contributed by atoms with van der Waals surface area (Å²) in [7, 11) is 1.47. The van der Waals surface area contributed by atoms with Gasteiger partial charge >= 0.3 is 5.91 Å². The second-order valence-corrected chi connectivity index (χ2v) is 8.36. The number of nitrogens with one attached hydrogen (secondary N) is 1. The maximum atomic E-state index is 12.4. The van der Waals surface area contributed by atoms with Gasteiger partial charge in [-0.2, -0.15) is 5.10 Å². The van der Waals surface area contributed by atoms with Crippen LogP contribution >= 0.6 is 0 Å². The normalized spacial score (nSPS) is 10.9. The number of benzene rings is 2. The molecule has 0 atom stereocenters. The summed E-state index contributed by atoms with van der Waals surface area (Å²) in [5.41, 5.74) is 11.5. The number of aryl methyl sites for hydroxylation is 2. The molecule has 0 aliphatic heterocycles. The van der Waals surface area contributed by atoms with E-state index < -0.39 is 11.8 Å². The summed E-state index contributed by atoms with van der Waals surface area (Å²) in [6.45, 7) is 4.03. The fourth-order valence-electron chi connectivity index (χ4n) is 3.75. The number of amides is 2. The number of ether oxygens (including phenoxy) is 3. The van der Waals surface area contributed by atoms with Crippen LogP contribution in [0.4, 0.5) is 0 Å². The molecule has 0 bridgehead atoms. The van der Waals surface area contributed by atoms with Gasteiger partial charge in [-0.1, -0.05) is 0 Å². The molecule has 2 aromatic carbocycles. The maximum absolute atomic E-state index is 12.4. The minimum absolute atomic E-state index is 0.0995. The van der Waals surface area contributed by atoms with E-state index in [4.69, 9.17) is 24.4 Å². The predicted octanol–water partition coefficient (Wildman–Crippen LogP) is 3.90. The van der Waals surface area contributed by atoms with Crippen LogP contribution in [0.15, 0.2) is 76.2 Å². The van der Waals surface area contributed by atoms with Gasteiger partial charge in [-0.3, -0.25) is 9.59 Å². The molecular weight excluding hydrogens is 488 g/mol. The topological polar surface area (TPSA) is 130 Å². The molecule has 0 saturated carbocycles. The molecule has 0 radical (unpaired) electrons. The molecule has 196 valence electrons. The molecule has 2 aromatic heterocycles. The number of carbonyl (C=O) groups excluding carboxylic acids is 2. The lowest BCUT2D eigenvalue weighted by Gasteiger charge is -2.10. The van der Waals surface area contributed by atoms with E-state index in [1.165, 1.54) is 13.3 Å². The summed E-state index contributed by atoms with van der Waals surface area (Å²) >= 11 is 0. The van der Waals surface area contributed by atoms with Crippen LogP contribution < -0.4 is 25.4 Å². The van der Waals surface area contributed by atoms with E-state index in [-0.39, 0.29) is 19.0 Å². The highest BCUT2D eigenvalue weighted by molar-refractivity contribution is 5.92. The van der Waals surface area contributed by atoms with Crippen molar-refractivity contribution >= 4 is 18.0 Å². The Kier molecular flexibility index (Phi) is 8.12. The Hall–Kier alpha value is -4.99. The van der Waals surface area contributed by atoms with E-state index in [2.05, 4.69) is 41.1 Å². The number of hydrogen-bond acceptors (Lipinski definition) is 7. The molecule has 4 aromatic rings. The number of nitrogens with zero attached hydrogens (tertiary/aromatic N) is 2. The van der Waals surface area contributed by atoms with Crippen molar-refractivity contribution in [1.29, 1.82) is 0 Å². The van der Waals surface area contributed by atoms with Crippen LogP contribution in [0.3, 0.4) is 0 Å². The average Bonchev–Trinajstić information content (AvgIpc) is 3.53. The molecular formula is C28H28N4O6. The number of primary amides is 1. The first-order chi connectivity index (χ1) is 18.3. The minimum atomic E-state index is -0.597. The molecule has 0 unspecified atom stereocenters. The van der Waals surface area contributed by atoms with Gasteiger partial charge in [0.05, 0.1) is 13.3 Å². The quantitative estimate of drug-likeness (QED) is 0.230. The van der Waals surface area contributed by atoms with E-state index in [0.29, 0.717) is 28.6 Å². The van der Waals surface area contributed by atoms with Crippen molar-refractivity contribution in [3.63, 3.8) is 0 Å². The van der Waals surface area contributed by atoms with Gasteiger partial charge < -0.3 is 28.9 Å². The number of carbonyl (C=O) groups is 2. The van der Waals surface area contributed by atoms with E-state index >= 15 is 0 Å². The number of nitrogens with two attached hydrogens (primary N) is 1. The zero-order chi connectivity index (χ0) is 27.1. The van der Waals surface area contributed by atoms with Gasteiger partial charge in [0.2, 0.25) is 0 Å². The van der Waals surface area contributed by atoms with Crippen LogP contribution in [0.1, 0.15) is 33.3 Å². The molecule has 4 rings (SSSR count). The third-order valence-electron chi connectivity index (χ3n) is 5.57. The molecule has 0 fully saturated rings. The molecule has 3 N–H and O–H groups in total. The molecule has 0 aliphatic rings. The summed E-state index contributed by atoms with van der Waals surface area (Å²) < 4.78 is 24.1. The van der Waals surface area contributed by atoms with Gasteiger partial charge in [0.25, 0.3) is 5.91 Å².